The first-order chi connectivity index (χ1) is 8.70. The quantitative estimate of drug-likeness (QED) is 0.944. The van der Waals surface area contributed by atoms with E-state index in [9.17, 15) is 0 Å². The second-order valence-electron chi connectivity index (χ2n) is 4.16. The average molecular weight is 306 g/mol. The fourth-order valence-corrected chi connectivity index (χ4v) is 2.15. The number of nitrogens with two attached hydrogens (primary N) is 1. The zero-order chi connectivity index (χ0) is 13.0. The van der Waals surface area contributed by atoms with Gasteiger partial charge in [-0.05, 0) is 23.8 Å². The second-order valence-corrected chi connectivity index (χ2v) is 5.01. The minimum Gasteiger partial charge on any atom is -0.369 e. The second kappa shape index (κ2) is 5.98. The maximum atomic E-state index is 5.54. The highest BCUT2D eigenvalue weighted by Gasteiger charge is 2.05. The molecule has 0 aliphatic heterocycles. The van der Waals surface area contributed by atoms with E-state index in [1.807, 2.05) is 30.5 Å². The summed E-state index contributed by atoms with van der Waals surface area (Å²) in [6, 6.07) is 12.2. The van der Waals surface area contributed by atoms with Crippen LogP contribution in [0.5, 0.6) is 0 Å². The molecule has 0 atom stereocenters. The summed E-state index contributed by atoms with van der Waals surface area (Å²) in [6.07, 6.45) is 1.86. The number of hydrogen-bond acceptors (Lipinski definition) is 3. The van der Waals surface area contributed by atoms with Gasteiger partial charge in [0.05, 0.1) is 17.6 Å². The summed E-state index contributed by atoms with van der Waals surface area (Å²) >= 11 is 3.56. The molecule has 0 saturated carbocycles. The van der Waals surface area contributed by atoms with Crippen LogP contribution in [-0.2, 0) is 13.1 Å². The van der Waals surface area contributed by atoms with Gasteiger partial charge in [0, 0.05) is 24.6 Å². The lowest BCUT2D eigenvalue weighted by atomic mass is 10.2. The highest BCUT2D eigenvalue weighted by molar-refractivity contribution is 9.10. The molecule has 3 nitrogen and oxygen atoms in total. The molecule has 0 aliphatic carbocycles. The van der Waals surface area contributed by atoms with Gasteiger partial charge < -0.3 is 10.6 Å². The summed E-state index contributed by atoms with van der Waals surface area (Å²) in [4.78, 5) is 6.46. The maximum absolute atomic E-state index is 5.54. The number of hydrogen-bond donors (Lipinski definition) is 1. The van der Waals surface area contributed by atoms with Crippen molar-refractivity contribution in [2.24, 2.45) is 5.73 Å². The van der Waals surface area contributed by atoms with E-state index in [1.165, 1.54) is 5.56 Å². The van der Waals surface area contributed by atoms with Gasteiger partial charge in [0.25, 0.3) is 0 Å². The third-order valence-electron chi connectivity index (χ3n) is 2.82. The lowest BCUT2D eigenvalue weighted by molar-refractivity contribution is 0.904. The van der Waals surface area contributed by atoms with Gasteiger partial charge in [0.2, 0.25) is 0 Å². The van der Waals surface area contributed by atoms with Gasteiger partial charge in [0.15, 0.2) is 0 Å². The first kappa shape index (κ1) is 13.1. The molecule has 0 unspecified atom stereocenters. The minimum absolute atomic E-state index is 0.480. The van der Waals surface area contributed by atoms with Gasteiger partial charge in [-0.3, -0.25) is 4.98 Å². The van der Waals surface area contributed by atoms with Gasteiger partial charge in [-0.25, -0.2) is 0 Å². The molecule has 0 spiro atoms. The Morgan fingerprint density at radius 1 is 1.22 bits per heavy atom. The van der Waals surface area contributed by atoms with Crippen LogP contribution in [0.15, 0.2) is 47.1 Å². The van der Waals surface area contributed by atoms with E-state index in [4.69, 9.17) is 5.73 Å². The van der Waals surface area contributed by atoms with Crippen LogP contribution < -0.4 is 10.6 Å². The van der Waals surface area contributed by atoms with Crippen molar-refractivity contribution in [3.8, 4) is 0 Å². The highest BCUT2D eigenvalue weighted by Crippen LogP contribution is 2.20. The number of nitrogens with zero attached hydrogens (tertiary/aromatic N) is 2. The SMILES string of the molecule is CN(Cc1ccccc1Br)c1ccc(CN)nc1. The molecule has 2 N–H and O–H groups in total. The molecule has 1 aromatic heterocycles. The molecule has 0 aliphatic rings. The molecule has 0 radical (unpaired) electrons. The van der Waals surface area contributed by atoms with Crippen molar-refractivity contribution in [2.75, 3.05) is 11.9 Å². The number of pyridine rings is 1. The zero-order valence-electron chi connectivity index (χ0n) is 10.3. The van der Waals surface area contributed by atoms with Gasteiger partial charge in [0.1, 0.15) is 0 Å². The summed E-state index contributed by atoms with van der Waals surface area (Å²) in [5.41, 5.74) is 8.79. The first-order valence-corrected chi connectivity index (χ1v) is 6.59. The lowest BCUT2D eigenvalue weighted by Crippen LogP contribution is -2.17. The van der Waals surface area contributed by atoms with Crippen molar-refractivity contribution < 1.29 is 0 Å². The number of rotatable bonds is 4. The van der Waals surface area contributed by atoms with E-state index in [1.54, 1.807) is 0 Å². The van der Waals surface area contributed by atoms with Crippen molar-refractivity contribution in [3.63, 3.8) is 0 Å². The van der Waals surface area contributed by atoms with E-state index >= 15 is 0 Å². The van der Waals surface area contributed by atoms with Crippen LogP contribution in [0.1, 0.15) is 11.3 Å². The van der Waals surface area contributed by atoms with Crippen LogP contribution in [0.4, 0.5) is 5.69 Å². The number of benzene rings is 1. The van der Waals surface area contributed by atoms with Crippen molar-refractivity contribution in [2.45, 2.75) is 13.1 Å². The largest absolute Gasteiger partial charge is 0.369 e. The molecule has 94 valence electrons. The van der Waals surface area contributed by atoms with Crippen molar-refractivity contribution in [3.05, 3.63) is 58.3 Å². The summed E-state index contributed by atoms with van der Waals surface area (Å²) in [5, 5.41) is 0. The molecule has 1 aromatic carbocycles. The van der Waals surface area contributed by atoms with E-state index in [-0.39, 0.29) is 0 Å². The number of halogens is 1. The summed E-state index contributed by atoms with van der Waals surface area (Å²) in [5.74, 6) is 0. The molecule has 2 aromatic rings. The predicted octanol–water partition coefficient (Wildman–Crippen LogP) is 2.94. The van der Waals surface area contributed by atoms with E-state index in [2.05, 4.69) is 45.0 Å². The number of anilines is 1. The first-order valence-electron chi connectivity index (χ1n) is 5.80. The molecule has 0 fully saturated rings. The van der Waals surface area contributed by atoms with Gasteiger partial charge in [-0.15, -0.1) is 0 Å². The average Bonchev–Trinajstić information content (AvgIpc) is 2.41. The van der Waals surface area contributed by atoms with Crippen LogP contribution in [0.2, 0.25) is 0 Å². The molecule has 0 saturated heterocycles. The van der Waals surface area contributed by atoms with Crippen LogP contribution >= 0.6 is 15.9 Å². The Labute approximate surface area is 116 Å². The normalized spacial score (nSPS) is 10.4. The Morgan fingerprint density at radius 2 is 2.00 bits per heavy atom. The smallest absolute Gasteiger partial charge is 0.0553 e. The lowest BCUT2D eigenvalue weighted by Gasteiger charge is -2.20. The Bertz CT molecular complexity index is 511. The molecule has 1 heterocycles. The van der Waals surface area contributed by atoms with Crippen LogP contribution in [0.3, 0.4) is 0 Å². The van der Waals surface area contributed by atoms with Crippen LogP contribution in [-0.4, -0.2) is 12.0 Å². The van der Waals surface area contributed by atoms with Crippen molar-refractivity contribution >= 4 is 21.6 Å². The molecule has 18 heavy (non-hydrogen) atoms. The van der Waals surface area contributed by atoms with Crippen LogP contribution in [0.25, 0.3) is 0 Å². The Morgan fingerprint density at radius 3 is 2.61 bits per heavy atom. The Kier molecular flexibility index (Phi) is 4.33. The topological polar surface area (TPSA) is 42.1 Å². The Balaban J connectivity index is 2.11. The molecule has 2 rings (SSSR count). The van der Waals surface area contributed by atoms with Gasteiger partial charge in [-0.2, -0.15) is 0 Å². The predicted molar refractivity (Wildman–Crippen MR) is 78.4 cm³/mol. The van der Waals surface area contributed by atoms with Crippen molar-refractivity contribution in [1.29, 1.82) is 0 Å². The molecule has 4 heteroatoms. The Hall–Kier alpha value is -1.39. The third-order valence-corrected chi connectivity index (χ3v) is 3.60. The van der Waals surface area contributed by atoms with E-state index in [0.717, 1.165) is 22.4 Å². The molecule has 0 bridgehead atoms. The number of aromatic nitrogens is 1. The minimum atomic E-state index is 0.480. The summed E-state index contributed by atoms with van der Waals surface area (Å²) < 4.78 is 1.13. The van der Waals surface area contributed by atoms with Crippen molar-refractivity contribution in [1.82, 2.24) is 4.98 Å². The monoisotopic (exact) mass is 305 g/mol. The summed E-state index contributed by atoms with van der Waals surface area (Å²) in [6.45, 7) is 1.32. The van der Waals surface area contributed by atoms with Crippen LogP contribution in [0, 0.1) is 0 Å². The fraction of sp³-hybridized carbons (Fsp3) is 0.214. The van der Waals surface area contributed by atoms with E-state index < -0.39 is 0 Å². The van der Waals surface area contributed by atoms with E-state index in [0.29, 0.717) is 6.54 Å². The fourth-order valence-electron chi connectivity index (χ4n) is 1.74. The summed E-state index contributed by atoms with van der Waals surface area (Å²) in [7, 11) is 2.05. The molecular formula is C14H16BrN3. The zero-order valence-corrected chi connectivity index (χ0v) is 11.9. The van der Waals surface area contributed by atoms with Gasteiger partial charge >= 0.3 is 0 Å². The third kappa shape index (κ3) is 3.09. The molecule has 0 amide bonds. The molecular weight excluding hydrogens is 290 g/mol. The van der Waals surface area contributed by atoms with Gasteiger partial charge in [-0.1, -0.05) is 34.1 Å². The maximum Gasteiger partial charge on any atom is 0.0553 e. The highest BCUT2D eigenvalue weighted by atomic mass is 79.9. The standard InChI is InChI=1S/C14H16BrN3/c1-18(10-11-4-2-3-5-14(11)15)13-7-6-12(8-16)17-9-13/h2-7,9H,8,10,16H2,1H3.